The Morgan fingerprint density at radius 1 is 1.21 bits per heavy atom. The molecule has 1 saturated heterocycles. The third-order valence-corrected chi connectivity index (χ3v) is 6.04. The molecule has 0 bridgehead atoms. The third-order valence-electron chi connectivity index (χ3n) is 6.04. The van der Waals surface area contributed by atoms with Crippen LogP contribution < -0.4 is 11.2 Å². The Kier molecular flexibility index (Phi) is 6.95. The van der Waals surface area contributed by atoms with E-state index < -0.39 is 0 Å². The van der Waals surface area contributed by atoms with Crippen LogP contribution in [-0.4, -0.2) is 55.9 Å². The summed E-state index contributed by atoms with van der Waals surface area (Å²) in [6, 6.07) is 0.146. The van der Waals surface area contributed by atoms with Gasteiger partial charge in [-0.15, -0.1) is 0 Å². The molecule has 0 aliphatic carbocycles. The van der Waals surface area contributed by atoms with Gasteiger partial charge in [0.1, 0.15) is 0 Å². The van der Waals surface area contributed by atoms with Crippen LogP contribution in [0.1, 0.15) is 52.9 Å². The van der Waals surface area contributed by atoms with E-state index in [4.69, 9.17) is 4.74 Å². The summed E-state index contributed by atoms with van der Waals surface area (Å²) in [6.07, 6.45) is 7.40. The molecule has 1 aliphatic rings. The van der Waals surface area contributed by atoms with Crippen molar-refractivity contribution in [2.75, 3.05) is 14.1 Å². The molecule has 0 saturated carbocycles. The maximum absolute atomic E-state index is 13.3. The molecule has 29 heavy (non-hydrogen) atoms. The van der Waals surface area contributed by atoms with Crippen LogP contribution in [-0.2, 0) is 24.4 Å². The lowest BCUT2D eigenvalue weighted by molar-refractivity contribution is 0.240. The van der Waals surface area contributed by atoms with E-state index in [1.807, 2.05) is 25.6 Å². The first-order chi connectivity index (χ1) is 13.9. The molecule has 2 aromatic rings. The Bertz CT molecular complexity index is 942. The first-order valence-electron chi connectivity index (χ1n) is 10.9. The van der Waals surface area contributed by atoms with Gasteiger partial charge in [-0.25, -0.2) is 9.78 Å². The molecule has 162 valence electrons. The number of ether oxygens (including phenoxy) is 1. The van der Waals surface area contributed by atoms with Crippen molar-refractivity contribution in [3.05, 3.63) is 27.2 Å². The largest absolute Gasteiger partial charge is 0.370 e. The number of aryl methyl sites for hydroxylation is 2. The van der Waals surface area contributed by atoms with E-state index in [0.29, 0.717) is 43.0 Å². The number of aromatic nitrogens is 4. The van der Waals surface area contributed by atoms with E-state index in [1.165, 1.54) is 4.57 Å². The minimum atomic E-state index is -0.265. The lowest BCUT2D eigenvalue weighted by Gasteiger charge is -2.25. The second-order valence-corrected chi connectivity index (χ2v) is 8.33. The fraction of sp³-hybridized carbons (Fsp3) is 0.762. The number of rotatable bonds is 11. The number of likely N-dealkylation sites (N-methyl/N-ethyl adjacent to an activating group) is 1. The highest BCUT2D eigenvalue weighted by Crippen LogP contribution is 2.25. The van der Waals surface area contributed by atoms with Gasteiger partial charge in [0.05, 0.1) is 18.5 Å². The quantitative estimate of drug-likeness (QED) is 0.535. The van der Waals surface area contributed by atoms with Gasteiger partial charge in [0, 0.05) is 25.7 Å². The van der Waals surface area contributed by atoms with Crippen LogP contribution in [0.5, 0.6) is 0 Å². The summed E-state index contributed by atoms with van der Waals surface area (Å²) < 4.78 is 10.4. The highest BCUT2D eigenvalue weighted by atomic mass is 16.6. The van der Waals surface area contributed by atoms with Gasteiger partial charge >= 0.3 is 5.69 Å². The smallest absolute Gasteiger partial charge is 0.332 e. The van der Waals surface area contributed by atoms with Crippen LogP contribution in [0.4, 0.5) is 0 Å². The van der Waals surface area contributed by atoms with Crippen LogP contribution in [0, 0.1) is 0 Å². The second kappa shape index (κ2) is 9.26. The molecular weight excluding hydrogens is 370 g/mol. The molecular formula is C21H35N5O3. The van der Waals surface area contributed by atoms with Crippen LogP contribution in [0.15, 0.2) is 15.9 Å². The summed E-state index contributed by atoms with van der Waals surface area (Å²) in [5.74, 6) is 0. The minimum absolute atomic E-state index is 0.146. The molecule has 2 aromatic heterocycles. The van der Waals surface area contributed by atoms with Gasteiger partial charge in [-0.05, 0) is 47.2 Å². The molecule has 1 aliphatic heterocycles. The average molecular weight is 406 g/mol. The van der Waals surface area contributed by atoms with Gasteiger partial charge in [0.15, 0.2) is 11.2 Å². The number of epoxide rings is 1. The molecule has 3 heterocycles. The Labute approximate surface area is 172 Å². The maximum atomic E-state index is 13.3. The Hall–Kier alpha value is -1.93. The topological polar surface area (TPSA) is 77.6 Å². The van der Waals surface area contributed by atoms with Gasteiger partial charge in [-0.3, -0.25) is 13.9 Å². The maximum Gasteiger partial charge on any atom is 0.332 e. The first kappa shape index (κ1) is 21.8. The predicted molar refractivity (Wildman–Crippen MR) is 114 cm³/mol. The van der Waals surface area contributed by atoms with Crippen LogP contribution in [0.25, 0.3) is 11.2 Å². The molecule has 8 heteroatoms. The summed E-state index contributed by atoms with van der Waals surface area (Å²) in [7, 11) is 4.01. The fourth-order valence-corrected chi connectivity index (χ4v) is 4.01. The van der Waals surface area contributed by atoms with Gasteiger partial charge in [0.2, 0.25) is 0 Å². The zero-order valence-electron chi connectivity index (χ0n) is 18.4. The number of nitrogens with zero attached hydrogens (tertiary/aromatic N) is 5. The zero-order chi connectivity index (χ0) is 21.1. The Balaban J connectivity index is 1.95. The van der Waals surface area contributed by atoms with Crippen molar-refractivity contribution in [2.45, 2.75) is 90.8 Å². The molecule has 3 rings (SSSR count). The van der Waals surface area contributed by atoms with Crippen molar-refractivity contribution in [1.29, 1.82) is 0 Å². The minimum Gasteiger partial charge on any atom is -0.370 e. The Morgan fingerprint density at radius 2 is 1.93 bits per heavy atom. The molecule has 3 atom stereocenters. The van der Waals surface area contributed by atoms with E-state index in [2.05, 4.69) is 23.7 Å². The van der Waals surface area contributed by atoms with E-state index in [9.17, 15) is 9.59 Å². The van der Waals surface area contributed by atoms with Crippen LogP contribution in [0.3, 0.4) is 0 Å². The van der Waals surface area contributed by atoms with Gasteiger partial charge in [-0.1, -0.05) is 19.8 Å². The standard InChI is InChI=1S/C21H35N5O3/c1-6-8-10-16(23(4)5)13-26-20(27)18-19(25(7-2)21(26)28)22-14-24(18)12-9-11-17-15(3)29-17/h14-17H,6-13H2,1-5H3. The molecule has 0 aromatic carbocycles. The fourth-order valence-electron chi connectivity index (χ4n) is 4.01. The predicted octanol–water partition coefficient (Wildman–Crippen LogP) is 2.07. The van der Waals surface area contributed by atoms with Crippen molar-refractivity contribution in [3.8, 4) is 0 Å². The SMILES string of the molecule is CCCCC(Cn1c(=O)c2c(ncn2CCCC2OC2C)n(CC)c1=O)N(C)C. The Morgan fingerprint density at radius 3 is 2.52 bits per heavy atom. The van der Waals surface area contributed by atoms with E-state index in [0.717, 1.165) is 32.1 Å². The van der Waals surface area contributed by atoms with Crippen LogP contribution in [0.2, 0.25) is 0 Å². The van der Waals surface area contributed by atoms with E-state index in [1.54, 1.807) is 10.9 Å². The number of hydrogen-bond acceptors (Lipinski definition) is 5. The summed E-state index contributed by atoms with van der Waals surface area (Å²) in [5.41, 5.74) is 0.527. The summed E-state index contributed by atoms with van der Waals surface area (Å²) in [5, 5.41) is 0. The third kappa shape index (κ3) is 4.64. The monoisotopic (exact) mass is 405 g/mol. The highest BCUT2D eigenvalue weighted by molar-refractivity contribution is 5.70. The molecule has 0 amide bonds. The first-order valence-corrected chi connectivity index (χ1v) is 10.9. The molecule has 1 fully saturated rings. The molecule has 0 N–H and O–H groups in total. The average Bonchev–Trinajstić information content (AvgIpc) is 3.22. The van der Waals surface area contributed by atoms with Crippen molar-refractivity contribution in [3.63, 3.8) is 0 Å². The van der Waals surface area contributed by atoms with E-state index in [-0.39, 0.29) is 17.3 Å². The van der Waals surface area contributed by atoms with Crippen LogP contribution >= 0.6 is 0 Å². The van der Waals surface area contributed by atoms with E-state index >= 15 is 0 Å². The number of hydrogen-bond donors (Lipinski definition) is 0. The van der Waals surface area contributed by atoms with Crippen molar-refractivity contribution < 1.29 is 4.74 Å². The van der Waals surface area contributed by atoms with Gasteiger partial charge in [-0.2, -0.15) is 0 Å². The summed E-state index contributed by atoms with van der Waals surface area (Å²) in [4.78, 5) is 32.9. The van der Waals surface area contributed by atoms with Crippen molar-refractivity contribution in [2.24, 2.45) is 0 Å². The lowest BCUT2D eigenvalue weighted by atomic mass is 10.1. The highest BCUT2D eigenvalue weighted by Gasteiger charge is 2.33. The molecule has 8 nitrogen and oxygen atoms in total. The lowest BCUT2D eigenvalue weighted by Crippen LogP contribution is -2.45. The molecule has 3 unspecified atom stereocenters. The summed E-state index contributed by atoms with van der Waals surface area (Å²) in [6.45, 7) is 7.74. The number of imidazole rings is 1. The van der Waals surface area contributed by atoms with Crippen molar-refractivity contribution in [1.82, 2.24) is 23.6 Å². The molecule has 0 radical (unpaired) electrons. The molecule has 0 spiro atoms. The number of unbranched alkanes of at least 4 members (excludes halogenated alkanes) is 1. The van der Waals surface area contributed by atoms with Gasteiger partial charge in [0.25, 0.3) is 5.56 Å². The zero-order valence-corrected chi connectivity index (χ0v) is 18.4. The number of fused-ring (bicyclic) bond motifs is 1. The second-order valence-electron chi connectivity index (χ2n) is 8.33. The van der Waals surface area contributed by atoms with Gasteiger partial charge < -0.3 is 14.2 Å². The van der Waals surface area contributed by atoms with Crippen molar-refractivity contribution >= 4 is 11.2 Å². The normalized spacial score (nSPS) is 19.9. The summed E-state index contributed by atoms with van der Waals surface area (Å²) >= 11 is 0.